The average Bonchev–Trinajstić information content (AvgIpc) is 2.98. The van der Waals surface area contributed by atoms with Crippen molar-refractivity contribution < 1.29 is 0 Å². The predicted molar refractivity (Wildman–Crippen MR) is 100 cm³/mol. The summed E-state index contributed by atoms with van der Waals surface area (Å²) in [4.78, 5) is 17.1. The van der Waals surface area contributed by atoms with Crippen molar-refractivity contribution >= 4 is 32.2 Å². The highest BCUT2D eigenvalue weighted by molar-refractivity contribution is 9.10. The van der Waals surface area contributed by atoms with Gasteiger partial charge in [0.25, 0.3) is 0 Å². The second-order valence-corrected chi connectivity index (χ2v) is 7.21. The largest absolute Gasteiger partial charge is 0.300 e. The third-order valence-corrected chi connectivity index (χ3v) is 5.09. The maximum Gasteiger partial charge on any atom is 0.300 e. The van der Waals surface area contributed by atoms with Gasteiger partial charge in [0.2, 0.25) is 4.96 Å². The molecule has 2 aromatic carbocycles. The van der Waals surface area contributed by atoms with E-state index in [4.69, 9.17) is 0 Å². The van der Waals surface area contributed by atoms with E-state index in [0.717, 1.165) is 21.3 Å². The lowest BCUT2D eigenvalue weighted by Gasteiger charge is -2.04. The van der Waals surface area contributed by atoms with Gasteiger partial charge >= 0.3 is 5.56 Å². The van der Waals surface area contributed by atoms with E-state index in [0.29, 0.717) is 10.7 Å². The first-order valence-corrected chi connectivity index (χ1v) is 9.01. The van der Waals surface area contributed by atoms with Crippen LogP contribution in [0.15, 0.2) is 63.2 Å². The third kappa shape index (κ3) is 2.68. The Morgan fingerprint density at radius 1 is 1.00 bits per heavy atom. The highest BCUT2D eigenvalue weighted by atomic mass is 79.9. The van der Waals surface area contributed by atoms with Crippen molar-refractivity contribution in [3.63, 3.8) is 0 Å². The molecule has 0 N–H and O–H groups in total. The van der Waals surface area contributed by atoms with Crippen LogP contribution in [0.3, 0.4) is 0 Å². The number of benzene rings is 2. The minimum absolute atomic E-state index is 0.311. The lowest BCUT2D eigenvalue weighted by molar-refractivity contribution is 0.914. The Morgan fingerprint density at radius 2 is 1.67 bits per heavy atom. The summed E-state index contributed by atoms with van der Waals surface area (Å²) in [6.07, 6.45) is 0. The van der Waals surface area contributed by atoms with Crippen LogP contribution in [0, 0.1) is 6.92 Å². The maximum atomic E-state index is 12.3. The molecule has 0 saturated carbocycles. The van der Waals surface area contributed by atoms with Gasteiger partial charge in [-0.15, -0.1) is 11.3 Å². The average molecular weight is 398 g/mol. The lowest BCUT2D eigenvalue weighted by Crippen LogP contribution is -2.14. The number of rotatable bonds is 2. The zero-order valence-electron chi connectivity index (χ0n) is 12.7. The first-order chi connectivity index (χ1) is 11.6. The fraction of sp³-hybridized carbons (Fsp3) is 0.0556. The summed E-state index contributed by atoms with van der Waals surface area (Å²) in [5, 5.41) is 6.55. The van der Waals surface area contributed by atoms with Gasteiger partial charge in [-0.25, -0.2) is 4.52 Å². The molecule has 0 aliphatic carbocycles. The lowest BCUT2D eigenvalue weighted by atomic mass is 10.1. The fourth-order valence-corrected chi connectivity index (χ4v) is 3.56. The Hall–Kier alpha value is -2.31. The molecule has 2 heterocycles. The van der Waals surface area contributed by atoms with E-state index in [-0.39, 0.29) is 5.56 Å². The number of thiazole rings is 1. The standard InChI is InChI=1S/C18H12BrN3OS/c1-11-2-4-12(5-3-11)15-10-24-18-20-17(23)16(21-22(15)18)13-6-8-14(19)9-7-13/h2-10H,1H3. The molecular weight excluding hydrogens is 386 g/mol. The molecule has 0 amide bonds. The van der Waals surface area contributed by atoms with Crippen molar-refractivity contribution in [2.75, 3.05) is 0 Å². The van der Waals surface area contributed by atoms with Gasteiger partial charge in [-0.3, -0.25) is 4.79 Å². The van der Waals surface area contributed by atoms with E-state index < -0.39 is 0 Å². The second-order valence-electron chi connectivity index (χ2n) is 5.45. The van der Waals surface area contributed by atoms with E-state index in [2.05, 4.69) is 57.2 Å². The summed E-state index contributed by atoms with van der Waals surface area (Å²) in [5.74, 6) is 0. The van der Waals surface area contributed by atoms with Crippen LogP contribution in [0.4, 0.5) is 0 Å². The number of fused-ring (bicyclic) bond motifs is 1. The molecule has 118 valence electrons. The topological polar surface area (TPSA) is 47.3 Å². The van der Waals surface area contributed by atoms with E-state index >= 15 is 0 Å². The Kier molecular flexibility index (Phi) is 3.78. The van der Waals surface area contributed by atoms with Crippen LogP contribution in [-0.4, -0.2) is 14.6 Å². The molecule has 0 spiro atoms. The van der Waals surface area contributed by atoms with Gasteiger partial charge in [0.1, 0.15) is 0 Å². The molecular formula is C18H12BrN3OS. The van der Waals surface area contributed by atoms with Crippen LogP contribution in [0.1, 0.15) is 5.56 Å². The number of nitrogens with zero attached hydrogens (tertiary/aromatic N) is 3. The molecule has 4 nitrogen and oxygen atoms in total. The summed E-state index contributed by atoms with van der Waals surface area (Å²) in [5.41, 5.74) is 3.98. The van der Waals surface area contributed by atoms with Gasteiger partial charge in [-0.2, -0.15) is 10.1 Å². The van der Waals surface area contributed by atoms with Crippen molar-refractivity contribution in [3.05, 3.63) is 74.3 Å². The first kappa shape index (κ1) is 15.2. The molecule has 2 aromatic heterocycles. The normalized spacial score (nSPS) is 11.1. The van der Waals surface area contributed by atoms with Crippen molar-refractivity contribution in [1.82, 2.24) is 14.6 Å². The summed E-state index contributed by atoms with van der Waals surface area (Å²) < 4.78 is 2.70. The Balaban J connectivity index is 1.92. The molecule has 0 atom stereocenters. The van der Waals surface area contributed by atoms with Gasteiger partial charge < -0.3 is 0 Å². The highest BCUT2D eigenvalue weighted by Crippen LogP contribution is 2.25. The summed E-state index contributed by atoms with van der Waals surface area (Å²) in [7, 11) is 0. The number of hydrogen-bond acceptors (Lipinski definition) is 4. The minimum Gasteiger partial charge on any atom is -0.265 e. The van der Waals surface area contributed by atoms with Crippen LogP contribution in [0.25, 0.3) is 27.5 Å². The molecule has 4 aromatic rings. The molecule has 0 bridgehead atoms. The number of aromatic nitrogens is 3. The molecule has 0 radical (unpaired) electrons. The molecule has 0 saturated heterocycles. The number of aryl methyl sites for hydroxylation is 1. The Labute approximate surface area is 150 Å². The minimum atomic E-state index is -0.311. The van der Waals surface area contributed by atoms with Crippen LogP contribution in [-0.2, 0) is 0 Å². The molecule has 0 aliphatic heterocycles. The molecule has 0 fully saturated rings. The molecule has 0 unspecified atom stereocenters. The maximum absolute atomic E-state index is 12.3. The highest BCUT2D eigenvalue weighted by Gasteiger charge is 2.13. The van der Waals surface area contributed by atoms with Crippen molar-refractivity contribution in [2.24, 2.45) is 0 Å². The van der Waals surface area contributed by atoms with Gasteiger partial charge in [0, 0.05) is 21.0 Å². The zero-order chi connectivity index (χ0) is 16.7. The van der Waals surface area contributed by atoms with Crippen molar-refractivity contribution in [2.45, 2.75) is 6.92 Å². The van der Waals surface area contributed by atoms with Gasteiger partial charge in [0.15, 0.2) is 5.69 Å². The van der Waals surface area contributed by atoms with Gasteiger partial charge in [0.05, 0.1) is 5.69 Å². The summed E-state index contributed by atoms with van der Waals surface area (Å²) in [6, 6.07) is 15.7. The molecule has 0 aliphatic rings. The number of halogens is 1. The molecule has 24 heavy (non-hydrogen) atoms. The summed E-state index contributed by atoms with van der Waals surface area (Å²) >= 11 is 4.82. The van der Waals surface area contributed by atoms with Crippen LogP contribution in [0.2, 0.25) is 0 Å². The zero-order valence-corrected chi connectivity index (χ0v) is 15.1. The van der Waals surface area contributed by atoms with Crippen molar-refractivity contribution in [1.29, 1.82) is 0 Å². The van der Waals surface area contributed by atoms with E-state index in [1.165, 1.54) is 16.9 Å². The quantitative estimate of drug-likeness (QED) is 0.498. The van der Waals surface area contributed by atoms with Crippen LogP contribution in [0.5, 0.6) is 0 Å². The monoisotopic (exact) mass is 397 g/mol. The SMILES string of the molecule is Cc1ccc(-c2csc3nc(=O)c(-c4ccc(Br)cc4)nn23)cc1. The first-order valence-electron chi connectivity index (χ1n) is 7.33. The third-order valence-electron chi connectivity index (χ3n) is 3.75. The Bertz CT molecular complexity index is 1080. The van der Waals surface area contributed by atoms with Gasteiger partial charge in [-0.05, 0) is 19.1 Å². The number of hydrogen-bond donors (Lipinski definition) is 0. The molecule has 6 heteroatoms. The Morgan fingerprint density at radius 3 is 2.38 bits per heavy atom. The predicted octanol–water partition coefficient (Wildman–Crippen LogP) is 4.56. The second kappa shape index (κ2) is 5.96. The van der Waals surface area contributed by atoms with Crippen molar-refractivity contribution in [3.8, 4) is 22.5 Å². The van der Waals surface area contributed by atoms with Crippen LogP contribution < -0.4 is 5.56 Å². The molecule has 4 rings (SSSR count). The smallest absolute Gasteiger partial charge is 0.265 e. The van der Waals surface area contributed by atoms with Crippen LogP contribution >= 0.6 is 27.3 Å². The van der Waals surface area contributed by atoms with E-state index in [1.807, 2.05) is 29.6 Å². The fourth-order valence-electron chi connectivity index (χ4n) is 2.47. The summed E-state index contributed by atoms with van der Waals surface area (Å²) in [6.45, 7) is 2.05. The van der Waals surface area contributed by atoms with E-state index in [9.17, 15) is 4.79 Å². The van der Waals surface area contributed by atoms with Gasteiger partial charge in [-0.1, -0.05) is 57.9 Å². The van der Waals surface area contributed by atoms with E-state index in [1.54, 1.807) is 4.52 Å².